The van der Waals surface area contributed by atoms with Gasteiger partial charge in [-0.05, 0) is 29.8 Å². The summed E-state index contributed by atoms with van der Waals surface area (Å²) in [7, 11) is 0. The molecule has 1 aromatic carbocycles. The highest BCUT2D eigenvalue weighted by Crippen LogP contribution is 2.29. The molecule has 20 heavy (non-hydrogen) atoms. The van der Waals surface area contributed by atoms with Gasteiger partial charge in [-0.3, -0.25) is 9.79 Å². The van der Waals surface area contributed by atoms with Crippen LogP contribution in [0.4, 0.5) is 0 Å². The lowest BCUT2D eigenvalue weighted by Gasteiger charge is -2.01. The number of hydrogen-bond donors (Lipinski definition) is 1. The second-order valence-electron chi connectivity index (χ2n) is 4.16. The first kappa shape index (κ1) is 13.7. The number of benzene rings is 1. The van der Waals surface area contributed by atoms with E-state index in [-0.39, 0.29) is 5.91 Å². The van der Waals surface area contributed by atoms with Crippen LogP contribution in [0.3, 0.4) is 0 Å². The summed E-state index contributed by atoms with van der Waals surface area (Å²) >= 11 is 8.92. The Morgan fingerprint density at radius 2 is 2.00 bits per heavy atom. The predicted molar refractivity (Wildman–Crippen MR) is 87.0 cm³/mol. The molecule has 0 radical (unpaired) electrons. The monoisotopic (exact) mass is 322 g/mol. The molecule has 0 unspecified atom stereocenters. The van der Waals surface area contributed by atoms with E-state index in [4.69, 9.17) is 11.6 Å². The Bertz CT molecular complexity index is 664. The van der Waals surface area contributed by atoms with Gasteiger partial charge >= 0.3 is 0 Å². The number of carbonyl (C=O) groups is 1. The molecule has 0 aliphatic carbocycles. The van der Waals surface area contributed by atoms with Crippen molar-refractivity contribution < 1.29 is 4.79 Å². The fourth-order valence-corrected chi connectivity index (χ4v) is 3.55. The van der Waals surface area contributed by atoms with Crippen LogP contribution in [0, 0.1) is 0 Å². The Morgan fingerprint density at radius 3 is 2.70 bits per heavy atom. The number of amides is 1. The van der Waals surface area contributed by atoms with Gasteiger partial charge in [0.1, 0.15) is 0 Å². The minimum atomic E-state index is -0.0941. The van der Waals surface area contributed by atoms with E-state index in [1.165, 1.54) is 11.3 Å². The van der Waals surface area contributed by atoms with E-state index in [0.29, 0.717) is 9.90 Å². The van der Waals surface area contributed by atoms with Crippen molar-refractivity contribution in [2.45, 2.75) is 0 Å². The number of rotatable bonds is 2. The van der Waals surface area contributed by atoms with Crippen LogP contribution in [0.25, 0.3) is 10.4 Å². The third-order valence-corrected chi connectivity index (χ3v) is 5.04. The molecule has 2 heterocycles. The molecule has 102 valence electrons. The third kappa shape index (κ3) is 3.06. The maximum absolute atomic E-state index is 12.1. The van der Waals surface area contributed by atoms with Crippen molar-refractivity contribution in [3.8, 4) is 10.4 Å². The minimum absolute atomic E-state index is 0.0941. The summed E-state index contributed by atoms with van der Waals surface area (Å²) in [6.07, 6.45) is 0. The van der Waals surface area contributed by atoms with Crippen molar-refractivity contribution in [1.82, 2.24) is 5.32 Å². The summed E-state index contributed by atoms with van der Waals surface area (Å²) in [6, 6.07) is 11.4. The Kier molecular flexibility index (Phi) is 4.10. The van der Waals surface area contributed by atoms with Crippen LogP contribution >= 0.6 is 34.7 Å². The Morgan fingerprint density at radius 1 is 1.20 bits per heavy atom. The number of amidine groups is 1. The van der Waals surface area contributed by atoms with E-state index >= 15 is 0 Å². The molecule has 1 aliphatic rings. The van der Waals surface area contributed by atoms with Gasteiger partial charge in [-0.15, -0.1) is 11.3 Å². The quantitative estimate of drug-likeness (QED) is 0.911. The summed E-state index contributed by atoms with van der Waals surface area (Å²) in [6.45, 7) is 0.779. The second kappa shape index (κ2) is 5.99. The Labute approximate surface area is 130 Å². The average Bonchev–Trinajstić information content (AvgIpc) is 3.10. The molecule has 0 fully saturated rings. The minimum Gasteiger partial charge on any atom is -0.301 e. The highest BCUT2D eigenvalue weighted by molar-refractivity contribution is 8.14. The number of carbonyl (C=O) groups excluding carboxylic acids is 1. The van der Waals surface area contributed by atoms with E-state index in [2.05, 4.69) is 10.3 Å². The van der Waals surface area contributed by atoms with Crippen LogP contribution in [0.1, 0.15) is 9.67 Å². The predicted octanol–water partition coefficient (Wildman–Crippen LogP) is 3.90. The van der Waals surface area contributed by atoms with E-state index in [9.17, 15) is 4.79 Å². The van der Waals surface area contributed by atoms with Crippen LogP contribution in [-0.4, -0.2) is 23.4 Å². The number of nitrogens with one attached hydrogen (secondary N) is 1. The molecule has 0 spiro atoms. The molecule has 1 N–H and O–H groups in total. The topological polar surface area (TPSA) is 41.5 Å². The summed E-state index contributed by atoms with van der Waals surface area (Å²) in [5, 5.41) is 4.26. The van der Waals surface area contributed by atoms with Gasteiger partial charge in [-0.25, -0.2) is 0 Å². The molecular weight excluding hydrogens is 312 g/mol. The number of aliphatic imine (C=N–C) groups is 1. The molecule has 6 heteroatoms. The number of nitrogens with zero attached hydrogens (tertiary/aromatic N) is 1. The fraction of sp³-hybridized carbons (Fsp3) is 0.143. The fourth-order valence-electron chi connectivity index (χ4n) is 1.80. The number of hydrogen-bond acceptors (Lipinski definition) is 4. The van der Waals surface area contributed by atoms with Crippen LogP contribution in [-0.2, 0) is 0 Å². The number of thioether (sulfide) groups is 1. The summed E-state index contributed by atoms with van der Waals surface area (Å²) in [5.41, 5.74) is 1.06. The van der Waals surface area contributed by atoms with Gasteiger partial charge in [0.25, 0.3) is 5.91 Å². The van der Waals surface area contributed by atoms with Gasteiger partial charge < -0.3 is 5.32 Å². The lowest BCUT2D eigenvalue weighted by molar-refractivity contribution is 0.0982. The number of halogens is 1. The molecule has 3 nitrogen and oxygen atoms in total. The molecular formula is C14H11ClN2OS2. The van der Waals surface area contributed by atoms with Crippen molar-refractivity contribution in [3.63, 3.8) is 0 Å². The smallest absolute Gasteiger partial charge is 0.267 e. The molecule has 1 amide bonds. The summed E-state index contributed by atoms with van der Waals surface area (Å²) in [4.78, 5) is 18.0. The third-order valence-electron chi connectivity index (χ3n) is 2.76. The standard InChI is InChI=1S/C14H11ClN2OS2/c15-10-3-1-9(2-4-10)11-5-6-12(20-11)13(18)17-14-16-7-8-19-14/h1-6H,7-8H2,(H,16,17,18). The lowest BCUT2D eigenvalue weighted by Crippen LogP contribution is -2.26. The van der Waals surface area contributed by atoms with E-state index in [1.54, 1.807) is 11.8 Å². The first-order valence-electron chi connectivity index (χ1n) is 6.07. The Hall–Kier alpha value is -1.30. The lowest BCUT2D eigenvalue weighted by atomic mass is 10.2. The molecule has 1 aromatic heterocycles. The van der Waals surface area contributed by atoms with Crippen molar-refractivity contribution in [2.75, 3.05) is 12.3 Å². The SMILES string of the molecule is O=C(NC1=NCCS1)c1ccc(-c2ccc(Cl)cc2)s1. The van der Waals surface area contributed by atoms with Gasteiger partial charge in [0.2, 0.25) is 0 Å². The first-order valence-corrected chi connectivity index (χ1v) is 8.25. The van der Waals surface area contributed by atoms with Crippen LogP contribution < -0.4 is 5.32 Å². The van der Waals surface area contributed by atoms with Gasteiger partial charge in [-0.1, -0.05) is 35.5 Å². The van der Waals surface area contributed by atoms with Gasteiger partial charge in [0.05, 0.1) is 11.4 Å². The zero-order valence-electron chi connectivity index (χ0n) is 10.4. The zero-order valence-corrected chi connectivity index (χ0v) is 12.8. The highest BCUT2D eigenvalue weighted by atomic mass is 35.5. The van der Waals surface area contributed by atoms with E-state index in [1.807, 2.05) is 36.4 Å². The normalized spacial score (nSPS) is 14.2. The summed E-state index contributed by atoms with van der Waals surface area (Å²) < 4.78 is 0. The van der Waals surface area contributed by atoms with E-state index < -0.39 is 0 Å². The van der Waals surface area contributed by atoms with Crippen LogP contribution in [0.15, 0.2) is 41.4 Å². The van der Waals surface area contributed by atoms with Crippen molar-refractivity contribution in [1.29, 1.82) is 0 Å². The van der Waals surface area contributed by atoms with Gasteiger partial charge in [0, 0.05) is 15.7 Å². The van der Waals surface area contributed by atoms with Crippen LogP contribution in [0.2, 0.25) is 5.02 Å². The molecule has 1 aliphatic heterocycles. The molecule has 0 atom stereocenters. The second-order valence-corrected chi connectivity index (χ2v) is 6.76. The maximum atomic E-state index is 12.1. The highest BCUT2D eigenvalue weighted by Gasteiger charge is 2.14. The zero-order chi connectivity index (χ0) is 13.9. The van der Waals surface area contributed by atoms with Gasteiger partial charge in [-0.2, -0.15) is 0 Å². The van der Waals surface area contributed by atoms with E-state index in [0.717, 1.165) is 27.9 Å². The Balaban J connectivity index is 1.76. The first-order chi connectivity index (χ1) is 9.72. The molecule has 3 rings (SSSR count). The molecule has 2 aromatic rings. The van der Waals surface area contributed by atoms with Crippen molar-refractivity contribution in [2.24, 2.45) is 4.99 Å². The molecule has 0 bridgehead atoms. The molecule has 0 saturated heterocycles. The molecule has 0 saturated carbocycles. The van der Waals surface area contributed by atoms with Crippen molar-refractivity contribution in [3.05, 3.63) is 46.3 Å². The summed E-state index contributed by atoms with van der Waals surface area (Å²) in [5.74, 6) is 0.846. The van der Waals surface area contributed by atoms with Crippen LogP contribution in [0.5, 0.6) is 0 Å². The largest absolute Gasteiger partial charge is 0.301 e. The number of thiophene rings is 1. The van der Waals surface area contributed by atoms with Gasteiger partial charge in [0.15, 0.2) is 5.17 Å². The maximum Gasteiger partial charge on any atom is 0.267 e. The van der Waals surface area contributed by atoms with Crippen molar-refractivity contribution >= 4 is 45.8 Å². The average molecular weight is 323 g/mol.